The first-order valence-electron chi connectivity index (χ1n) is 4.21. The van der Waals surface area contributed by atoms with Crippen LogP contribution in [0.15, 0.2) is 18.2 Å². The minimum Gasteiger partial charge on any atom is -0.376 e. The van der Waals surface area contributed by atoms with E-state index in [1.54, 1.807) is 19.9 Å². The molecule has 1 aromatic rings. The number of hydrogen-bond donors (Lipinski definition) is 0. The summed E-state index contributed by atoms with van der Waals surface area (Å²) < 4.78 is 61.4. The standard InChI is InChI=1S/C9H9F3O3S/c1-6-3-7(2)5-8(4-6)15-16(13,14)9(10,11)12/h3-5H,1-2H3. The number of halogens is 3. The molecule has 0 saturated carbocycles. The average molecular weight is 254 g/mol. The molecule has 0 saturated heterocycles. The van der Waals surface area contributed by atoms with Crippen LogP contribution in [0.2, 0.25) is 0 Å². The largest absolute Gasteiger partial charge is 0.534 e. The maximum Gasteiger partial charge on any atom is 0.534 e. The first kappa shape index (κ1) is 12.8. The Hall–Kier alpha value is -1.24. The summed E-state index contributed by atoms with van der Waals surface area (Å²) >= 11 is 0. The van der Waals surface area contributed by atoms with Gasteiger partial charge in [-0.1, -0.05) is 6.07 Å². The zero-order chi connectivity index (χ0) is 12.6. The summed E-state index contributed by atoms with van der Waals surface area (Å²) in [6.07, 6.45) is 0. The van der Waals surface area contributed by atoms with Crippen LogP contribution >= 0.6 is 0 Å². The van der Waals surface area contributed by atoms with Crippen LogP contribution in [0.25, 0.3) is 0 Å². The van der Waals surface area contributed by atoms with Crippen LogP contribution in [-0.4, -0.2) is 13.9 Å². The van der Waals surface area contributed by atoms with Crippen molar-refractivity contribution in [3.8, 4) is 5.75 Å². The number of aryl methyl sites for hydroxylation is 2. The van der Waals surface area contributed by atoms with Crippen molar-refractivity contribution in [1.29, 1.82) is 0 Å². The fourth-order valence-corrected chi connectivity index (χ4v) is 1.60. The van der Waals surface area contributed by atoms with Crippen LogP contribution in [0, 0.1) is 13.8 Å². The van der Waals surface area contributed by atoms with Crippen LogP contribution in [0.5, 0.6) is 5.75 Å². The minimum absolute atomic E-state index is 0.338. The normalized spacial score (nSPS) is 12.6. The van der Waals surface area contributed by atoms with E-state index in [2.05, 4.69) is 4.18 Å². The van der Waals surface area contributed by atoms with Crippen LogP contribution in [0.3, 0.4) is 0 Å². The third-order valence-corrected chi connectivity index (χ3v) is 2.66. The van der Waals surface area contributed by atoms with Crippen molar-refractivity contribution < 1.29 is 25.8 Å². The Morgan fingerprint density at radius 3 is 1.88 bits per heavy atom. The molecule has 1 aromatic carbocycles. The van der Waals surface area contributed by atoms with E-state index >= 15 is 0 Å². The predicted molar refractivity (Wildman–Crippen MR) is 51.5 cm³/mol. The molecular weight excluding hydrogens is 245 g/mol. The number of alkyl halides is 3. The summed E-state index contributed by atoms with van der Waals surface area (Å²) in [5, 5.41) is 0. The Kier molecular flexibility index (Phi) is 3.18. The molecule has 0 unspecified atom stereocenters. The minimum atomic E-state index is -5.58. The van der Waals surface area contributed by atoms with E-state index in [9.17, 15) is 21.6 Å². The second-order valence-corrected chi connectivity index (χ2v) is 4.84. The molecule has 0 amide bonds. The van der Waals surface area contributed by atoms with Crippen molar-refractivity contribution in [2.24, 2.45) is 0 Å². The van der Waals surface area contributed by atoms with Gasteiger partial charge in [-0.25, -0.2) is 0 Å². The van der Waals surface area contributed by atoms with E-state index < -0.39 is 15.6 Å². The average Bonchev–Trinajstić information content (AvgIpc) is 1.97. The molecule has 0 aromatic heterocycles. The first-order valence-corrected chi connectivity index (χ1v) is 5.62. The van der Waals surface area contributed by atoms with Crippen molar-refractivity contribution in [3.05, 3.63) is 29.3 Å². The molecule has 0 spiro atoms. The second-order valence-electron chi connectivity index (χ2n) is 3.31. The van der Waals surface area contributed by atoms with Gasteiger partial charge in [-0.2, -0.15) is 21.6 Å². The van der Waals surface area contributed by atoms with Crippen molar-refractivity contribution >= 4 is 10.1 Å². The molecule has 0 N–H and O–H groups in total. The molecule has 90 valence electrons. The molecule has 1 rings (SSSR count). The third-order valence-electron chi connectivity index (χ3n) is 1.68. The predicted octanol–water partition coefficient (Wildman–Crippen LogP) is 2.53. The smallest absolute Gasteiger partial charge is 0.376 e. The highest BCUT2D eigenvalue weighted by Gasteiger charge is 2.48. The first-order chi connectivity index (χ1) is 7.12. The van der Waals surface area contributed by atoms with Crippen LogP contribution in [-0.2, 0) is 10.1 Å². The molecule has 3 nitrogen and oxygen atoms in total. The van der Waals surface area contributed by atoms with Crippen molar-refractivity contribution in [1.82, 2.24) is 0 Å². The van der Waals surface area contributed by atoms with E-state index in [4.69, 9.17) is 0 Å². The zero-order valence-corrected chi connectivity index (χ0v) is 9.32. The summed E-state index contributed by atoms with van der Waals surface area (Å²) in [6.45, 7) is 3.25. The van der Waals surface area contributed by atoms with Gasteiger partial charge in [0.2, 0.25) is 0 Å². The number of benzene rings is 1. The van der Waals surface area contributed by atoms with Gasteiger partial charge < -0.3 is 4.18 Å². The highest BCUT2D eigenvalue weighted by atomic mass is 32.2. The van der Waals surface area contributed by atoms with Crippen LogP contribution in [0.1, 0.15) is 11.1 Å². The summed E-state index contributed by atoms with van der Waals surface area (Å²) in [4.78, 5) is 0. The van der Waals surface area contributed by atoms with Crippen LogP contribution in [0.4, 0.5) is 13.2 Å². The fraction of sp³-hybridized carbons (Fsp3) is 0.333. The second kappa shape index (κ2) is 3.97. The fourth-order valence-electron chi connectivity index (χ4n) is 1.15. The van der Waals surface area contributed by atoms with Crippen molar-refractivity contribution in [2.75, 3.05) is 0 Å². The quantitative estimate of drug-likeness (QED) is 0.601. The van der Waals surface area contributed by atoms with Gasteiger partial charge in [0.25, 0.3) is 0 Å². The highest BCUT2D eigenvalue weighted by molar-refractivity contribution is 7.87. The molecule has 7 heteroatoms. The number of rotatable bonds is 2. The maximum atomic E-state index is 12.0. The molecule has 16 heavy (non-hydrogen) atoms. The maximum absolute atomic E-state index is 12.0. The van der Waals surface area contributed by atoms with Gasteiger partial charge in [-0.05, 0) is 37.1 Å². The molecule has 0 heterocycles. The lowest BCUT2D eigenvalue weighted by Gasteiger charge is -2.10. The monoisotopic (exact) mass is 254 g/mol. The third kappa shape index (κ3) is 2.88. The number of hydrogen-bond acceptors (Lipinski definition) is 3. The van der Waals surface area contributed by atoms with E-state index in [1.165, 1.54) is 12.1 Å². The molecule has 0 aliphatic carbocycles. The highest BCUT2D eigenvalue weighted by Crippen LogP contribution is 2.27. The van der Waals surface area contributed by atoms with Gasteiger partial charge in [0.05, 0.1) is 0 Å². The van der Waals surface area contributed by atoms with Gasteiger partial charge in [0.15, 0.2) is 0 Å². The van der Waals surface area contributed by atoms with E-state index in [-0.39, 0.29) is 5.75 Å². The Morgan fingerprint density at radius 1 is 1.06 bits per heavy atom. The van der Waals surface area contributed by atoms with E-state index in [1.807, 2.05) is 0 Å². The molecule has 0 radical (unpaired) electrons. The van der Waals surface area contributed by atoms with Gasteiger partial charge in [-0.15, -0.1) is 0 Å². The van der Waals surface area contributed by atoms with Gasteiger partial charge in [-0.3, -0.25) is 0 Å². The van der Waals surface area contributed by atoms with Crippen molar-refractivity contribution in [2.45, 2.75) is 19.4 Å². The Bertz CT molecular complexity index is 471. The molecule has 0 bridgehead atoms. The lowest BCUT2D eigenvalue weighted by Crippen LogP contribution is -2.28. The van der Waals surface area contributed by atoms with Crippen molar-refractivity contribution in [3.63, 3.8) is 0 Å². The topological polar surface area (TPSA) is 43.4 Å². The Balaban J connectivity index is 3.07. The lowest BCUT2D eigenvalue weighted by atomic mass is 10.1. The SMILES string of the molecule is Cc1cc(C)cc(OS(=O)(=O)C(F)(F)F)c1. The van der Waals surface area contributed by atoms with Gasteiger partial charge in [0.1, 0.15) is 5.75 Å². The molecule has 0 aliphatic heterocycles. The molecular formula is C9H9F3O3S. The summed E-state index contributed by atoms with van der Waals surface area (Å²) in [6, 6.07) is 4.12. The van der Waals surface area contributed by atoms with Crippen LogP contribution < -0.4 is 4.18 Å². The molecule has 0 aliphatic rings. The summed E-state index contributed by atoms with van der Waals surface area (Å²) in [7, 11) is -5.58. The summed E-state index contributed by atoms with van der Waals surface area (Å²) in [5.41, 5.74) is -4.18. The lowest BCUT2D eigenvalue weighted by molar-refractivity contribution is -0.0500. The van der Waals surface area contributed by atoms with Gasteiger partial charge >= 0.3 is 15.6 Å². The Morgan fingerprint density at radius 2 is 1.50 bits per heavy atom. The van der Waals surface area contributed by atoms with E-state index in [0.29, 0.717) is 11.1 Å². The molecule has 0 fully saturated rings. The molecule has 0 atom stereocenters. The Labute approximate surface area is 91.0 Å². The van der Waals surface area contributed by atoms with E-state index in [0.717, 1.165) is 0 Å². The zero-order valence-electron chi connectivity index (χ0n) is 8.50. The van der Waals surface area contributed by atoms with Gasteiger partial charge in [0, 0.05) is 0 Å². The summed E-state index contributed by atoms with van der Waals surface area (Å²) in [5.74, 6) is -0.338.